The Morgan fingerprint density at radius 1 is 1.44 bits per heavy atom. The second-order valence-electron chi connectivity index (χ2n) is 6.39. The van der Waals surface area contributed by atoms with Crippen molar-refractivity contribution in [3.63, 3.8) is 0 Å². The molecule has 2 N–H and O–H groups in total. The van der Waals surface area contributed by atoms with Gasteiger partial charge in [-0.1, -0.05) is 13.8 Å². The summed E-state index contributed by atoms with van der Waals surface area (Å²) in [6.45, 7) is 6.45. The fraction of sp³-hybridized carbons (Fsp3) is 0.533. The number of fused-ring (bicyclic) bond motifs is 1. The first kappa shape index (κ1) is 11.6. The zero-order chi connectivity index (χ0) is 13.1. The second-order valence-corrected chi connectivity index (χ2v) is 6.39. The topological polar surface area (TPSA) is 46.3 Å². The van der Waals surface area contributed by atoms with Gasteiger partial charge in [-0.15, -0.1) is 0 Å². The third kappa shape index (κ3) is 1.61. The van der Waals surface area contributed by atoms with Crippen LogP contribution in [0.2, 0.25) is 0 Å². The quantitative estimate of drug-likeness (QED) is 0.772. The zero-order valence-corrected chi connectivity index (χ0v) is 11.2. The molecule has 1 aromatic carbocycles. The zero-order valence-electron chi connectivity index (χ0n) is 11.2. The lowest BCUT2D eigenvalue weighted by Gasteiger charge is -2.23. The smallest absolute Gasteiger partial charge is 0.230 e. The van der Waals surface area contributed by atoms with Crippen LogP contribution in [0.1, 0.15) is 32.8 Å². The maximum Gasteiger partial charge on any atom is 0.230 e. The SMILES string of the molecule is CC1Cc2cc(N)ccc2N1C(=O)C1CC1(C)C. The van der Waals surface area contributed by atoms with Gasteiger partial charge in [0, 0.05) is 23.3 Å². The minimum absolute atomic E-state index is 0.188. The molecule has 1 fully saturated rings. The molecule has 1 aliphatic carbocycles. The Hall–Kier alpha value is -1.51. The van der Waals surface area contributed by atoms with Crippen LogP contribution in [-0.4, -0.2) is 11.9 Å². The fourth-order valence-electron chi connectivity index (χ4n) is 3.04. The van der Waals surface area contributed by atoms with Crippen LogP contribution in [0.3, 0.4) is 0 Å². The van der Waals surface area contributed by atoms with Gasteiger partial charge in [0.15, 0.2) is 0 Å². The van der Waals surface area contributed by atoms with E-state index >= 15 is 0 Å². The first-order valence-corrected chi connectivity index (χ1v) is 6.61. The van der Waals surface area contributed by atoms with Crippen molar-refractivity contribution in [2.24, 2.45) is 11.3 Å². The summed E-state index contributed by atoms with van der Waals surface area (Å²) in [5.74, 6) is 0.486. The van der Waals surface area contributed by atoms with Crippen LogP contribution in [0.4, 0.5) is 11.4 Å². The van der Waals surface area contributed by atoms with Gasteiger partial charge in [-0.25, -0.2) is 0 Å². The van der Waals surface area contributed by atoms with Crippen molar-refractivity contribution >= 4 is 17.3 Å². The van der Waals surface area contributed by atoms with E-state index in [2.05, 4.69) is 20.8 Å². The largest absolute Gasteiger partial charge is 0.399 e. The average Bonchev–Trinajstić information content (AvgIpc) is 2.78. The number of nitrogens with two attached hydrogens (primary N) is 1. The molecule has 3 rings (SSSR count). The second kappa shape index (κ2) is 3.50. The molecule has 0 saturated heterocycles. The average molecular weight is 244 g/mol. The van der Waals surface area contributed by atoms with E-state index in [-0.39, 0.29) is 23.3 Å². The number of nitrogens with zero attached hydrogens (tertiary/aromatic N) is 1. The van der Waals surface area contributed by atoms with E-state index in [1.165, 1.54) is 5.56 Å². The number of amides is 1. The highest BCUT2D eigenvalue weighted by atomic mass is 16.2. The van der Waals surface area contributed by atoms with Gasteiger partial charge in [0.25, 0.3) is 0 Å². The van der Waals surface area contributed by atoms with Gasteiger partial charge in [-0.3, -0.25) is 4.79 Å². The van der Waals surface area contributed by atoms with Gasteiger partial charge in [0.05, 0.1) is 0 Å². The van der Waals surface area contributed by atoms with Gasteiger partial charge >= 0.3 is 0 Å². The van der Waals surface area contributed by atoms with E-state index in [4.69, 9.17) is 5.73 Å². The monoisotopic (exact) mass is 244 g/mol. The molecule has 18 heavy (non-hydrogen) atoms. The number of nitrogen functional groups attached to an aromatic ring is 1. The van der Waals surface area contributed by atoms with Crippen LogP contribution in [-0.2, 0) is 11.2 Å². The van der Waals surface area contributed by atoms with Crippen LogP contribution in [0.5, 0.6) is 0 Å². The number of anilines is 2. The lowest BCUT2D eigenvalue weighted by Crippen LogP contribution is -2.37. The third-order valence-corrected chi connectivity index (χ3v) is 4.37. The Morgan fingerprint density at radius 3 is 2.72 bits per heavy atom. The third-order valence-electron chi connectivity index (χ3n) is 4.37. The summed E-state index contributed by atoms with van der Waals surface area (Å²) in [4.78, 5) is 14.6. The number of carbonyl (C=O) groups excluding carboxylic acids is 1. The van der Waals surface area contributed by atoms with Gasteiger partial charge in [-0.2, -0.15) is 0 Å². The molecule has 1 aliphatic heterocycles. The lowest BCUT2D eigenvalue weighted by molar-refractivity contribution is -0.120. The Kier molecular flexibility index (Phi) is 2.25. The number of hydrogen-bond donors (Lipinski definition) is 1. The Morgan fingerprint density at radius 2 is 2.11 bits per heavy atom. The van der Waals surface area contributed by atoms with Crippen LogP contribution in [0.15, 0.2) is 18.2 Å². The summed E-state index contributed by atoms with van der Waals surface area (Å²) >= 11 is 0. The van der Waals surface area contributed by atoms with Crippen LogP contribution in [0.25, 0.3) is 0 Å². The molecule has 3 heteroatoms. The van der Waals surface area contributed by atoms with Gasteiger partial charge < -0.3 is 10.6 Å². The highest BCUT2D eigenvalue weighted by Crippen LogP contribution is 2.53. The molecule has 2 atom stereocenters. The molecule has 3 nitrogen and oxygen atoms in total. The molecule has 96 valence electrons. The van der Waals surface area contributed by atoms with E-state index in [0.29, 0.717) is 0 Å². The highest BCUT2D eigenvalue weighted by molar-refractivity contribution is 5.99. The molecule has 1 amide bonds. The summed E-state index contributed by atoms with van der Waals surface area (Å²) in [5.41, 5.74) is 9.04. The number of carbonyl (C=O) groups is 1. The fourth-order valence-corrected chi connectivity index (χ4v) is 3.04. The molecule has 0 spiro atoms. The predicted molar refractivity (Wildman–Crippen MR) is 73.4 cm³/mol. The minimum atomic E-state index is 0.188. The minimum Gasteiger partial charge on any atom is -0.399 e. The van der Waals surface area contributed by atoms with Crippen molar-refractivity contribution in [2.75, 3.05) is 10.6 Å². The van der Waals surface area contributed by atoms with E-state index in [1.54, 1.807) is 0 Å². The predicted octanol–water partition coefficient (Wildman–Crippen LogP) is 2.59. The number of rotatable bonds is 1. The van der Waals surface area contributed by atoms with Crippen molar-refractivity contribution in [3.05, 3.63) is 23.8 Å². The summed E-state index contributed by atoms with van der Waals surface area (Å²) in [6, 6.07) is 6.12. The first-order valence-electron chi connectivity index (χ1n) is 6.61. The maximum atomic E-state index is 12.6. The van der Waals surface area contributed by atoms with Crippen LogP contribution >= 0.6 is 0 Å². The Balaban J connectivity index is 1.92. The maximum absolute atomic E-state index is 12.6. The summed E-state index contributed by atoms with van der Waals surface area (Å²) in [6.07, 6.45) is 1.93. The molecular weight excluding hydrogens is 224 g/mol. The summed E-state index contributed by atoms with van der Waals surface area (Å²) in [5, 5.41) is 0. The van der Waals surface area contributed by atoms with Gasteiger partial charge in [0.2, 0.25) is 5.91 Å². The Bertz CT molecular complexity index is 521. The standard InChI is InChI=1S/C15H20N2O/c1-9-6-10-7-11(16)4-5-13(10)17(9)14(18)12-8-15(12,2)3/h4-5,7,9,12H,6,8,16H2,1-3H3. The lowest BCUT2D eigenvalue weighted by atomic mass is 10.1. The number of hydrogen-bond acceptors (Lipinski definition) is 2. The normalized spacial score (nSPS) is 28.1. The molecule has 1 aromatic rings. The van der Waals surface area contributed by atoms with Gasteiger partial charge in [-0.05, 0) is 48.9 Å². The van der Waals surface area contributed by atoms with Crippen molar-refractivity contribution in [3.8, 4) is 0 Å². The van der Waals surface area contributed by atoms with Crippen LogP contribution < -0.4 is 10.6 Å². The summed E-state index contributed by atoms with van der Waals surface area (Å²) in [7, 11) is 0. The van der Waals surface area contributed by atoms with Crippen molar-refractivity contribution in [1.29, 1.82) is 0 Å². The molecule has 0 aromatic heterocycles. The van der Waals surface area contributed by atoms with E-state index in [9.17, 15) is 4.79 Å². The van der Waals surface area contributed by atoms with E-state index in [0.717, 1.165) is 24.2 Å². The van der Waals surface area contributed by atoms with Crippen LogP contribution in [0, 0.1) is 11.3 Å². The van der Waals surface area contributed by atoms with Crippen molar-refractivity contribution < 1.29 is 4.79 Å². The molecule has 0 radical (unpaired) electrons. The van der Waals surface area contributed by atoms with Crippen molar-refractivity contribution in [2.45, 2.75) is 39.7 Å². The molecule has 1 heterocycles. The number of benzene rings is 1. The van der Waals surface area contributed by atoms with E-state index < -0.39 is 0 Å². The van der Waals surface area contributed by atoms with Gasteiger partial charge in [0.1, 0.15) is 0 Å². The molecule has 1 saturated carbocycles. The molecule has 2 unspecified atom stereocenters. The highest BCUT2D eigenvalue weighted by Gasteiger charge is 2.53. The van der Waals surface area contributed by atoms with Crippen molar-refractivity contribution in [1.82, 2.24) is 0 Å². The first-order chi connectivity index (χ1) is 8.40. The van der Waals surface area contributed by atoms with E-state index in [1.807, 2.05) is 23.1 Å². The molecular formula is C15H20N2O. The molecule has 0 bridgehead atoms. The Labute approximate surface area is 108 Å². The summed E-state index contributed by atoms with van der Waals surface area (Å²) < 4.78 is 0. The molecule has 2 aliphatic rings.